The van der Waals surface area contributed by atoms with E-state index < -0.39 is 0 Å². The third kappa shape index (κ3) is 1.96. The first kappa shape index (κ1) is 9.95. The average Bonchev–Trinajstić information content (AvgIpc) is 2.12. The van der Waals surface area contributed by atoms with E-state index in [9.17, 15) is 4.39 Å². The summed E-state index contributed by atoms with van der Waals surface area (Å²) < 4.78 is 18.0. The lowest BCUT2D eigenvalue weighted by atomic mass is 10.1. The molecule has 3 nitrogen and oxygen atoms in total. The van der Waals surface area contributed by atoms with Crippen molar-refractivity contribution in [3.05, 3.63) is 29.1 Å². The number of hydrogen-bond donors (Lipinski definition) is 2. The molecular formula is C9H12FNO2. The van der Waals surface area contributed by atoms with E-state index in [1.165, 1.54) is 13.2 Å². The minimum atomic E-state index is -0.307. The molecule has 0 fully saturated rings. The van der Waals surface area contributed by atoms with Gasteiger partial charge in [0, 0.05) is 17.7 Å². The van der Waals surface area contributed by atoms with E-state index in [2.05, 4.69) is 0 Å². The standard InChI is InChI=1S/C9H12FNO2/c1-6-8(10)4-3-7(5-11-12)9(6)13-2/h3-4,11-12H,5H2,1-2H3. The molecule has 0 spiro atoms. The molecule has 0 amide bonds. The molecule has 0 aromatic heterocycles. The van der Waals surface area contributed by atoms with Crippen LogP contribution in [0.1, 0.15) is 11.1 Å². The molecule has 13 heavy (non-hydrogen) atoms. The minimum absolute atomic E-state index is 0.240. The van der Waals surface area contributed by atoms with E-state index in [0.717, 1.165) is 5.56 Å². The molecule has 0 bridgehead atoms. The quantitative estimate of drug-likeness (QED) is 0.703. The third-order valence-corrected chi connectivity index (χ3v) is 1.89. The topological polar surface area (TPSA) is 41.5 Å². The van der Waals surface area contributed by atoms with Crippen molar-refractivity contribution in [1.82, 2.24) is 5.48 Å². The van der Waals surface area contributed by atoms with Crippen LogP contribution in [0, 0.1) is 12.7 Å². The lowest BCUT2D eigenvalue weighted by Crippen LogP contribution is -2.08. The van der Waals surface area contributed by atoms with E-state index in [4.69, 9.17) is 9.94 Å². The van der Waals surface area contributed by atoms with Crippen molar-refractivity contribution in [2.24, 2.45) is 0 Å². The van der Waals surface area contributed by atoms with Crippen LogP contribution < -0.4 is 10.2 Å². The number of methoxy groups -OCH3 is 1. The van der Waals surface area contributed by atoms with Gasteiger partial charge in [-0.3, -0.25) is 0 Å². The fourth-order valence-corrected chi connectivity index (χ4v) is 1.23. The SMILES string of the molecule is COc1c(CNO)ccc(F)c1C. The summed E-state index contributed by atoms with van der Waals surface area (Å²) in [6.07, 6.45) is 0. The first-order valence-electron chi connectivity index (χ1n) is 3.89. The number of ether oxygens (including phenoxy) is 1. The lowest BCUT2D eigenvalue weighted by molar-refractivity contribution is 0.160. The number of nitrogens with one attached hydrogen (secondary N) is 1. The number of halogens is 1. The first-order valence-corrected chi connectivity index (χ1v) is 3.89. The highest BCUT2D eigenvalue weighted by Gasteiger charge is 2.09. The van der Waals surface area contributed by atoms with Gasteiger partial charge in [-0.25, -0.2) is 9.87 Å². The first-order chi connectivity index (χ1) is 6.20. The van der Waals surface area contributed by atoms with Crippen LogP contribution in [0.4, 0.5) is 4.39 Å². The molecule has 0 aliphatic carbocycles. The fourth-order valence-electron chi connectivity index (χ4n) is 1.23. The number of benzene rings is 1. The van der Waals surface area contributed by atoms with Crippen LogP contribution in [0.3, 0.4) is 0 Å². The molecular weight excluding hydrogens is 173 g/mol. The van der Waals surface area contributed by atoms with E-state index >= 15 is 0 Å². The van der Waals surface area contributed by atoms with Crippen molar-refractivity contribution in [3.63, 3.8) is 0 Å². The van der Waals surface area contributed by atoms with Crippen LogP contribution in [-0.2, 0) is 6.54 Å². The molecule has 0 aliphatic heterocycles. The summed E-state index contributed by atoms with van der Waals surface area (Å²) in [6, 6.07) is 2.93. The second kappa shape index (κ2) is 4.20. The van der Waals surface area contributed by atoms with Gasteiger partial charge in [-0.05, 0) is 13.0 Å². The summed E-state index contributed by atoms with van der Waals surface area (Å²) in [7, 11) is 1.47. The maximum atomic E-state index is 13.0. The lowest BCUT2D eigenvalue weighted by Gasteiger charge is -2.10. The molecule has 72 valence electrons. The average molecular weight is 185 g/mol. The maximum absolute atomic E-state index is 13.0. The van der Waals surface area contributed by atoms with Crippen molar-refractivity contribution in [2.75, 3.05) is 7.11 Å². The molecule has 0 unspecified atom stereocenters. The summed E-state index contributed by atoms with van der Waals surface area (Å²) in [5.74, 6) is 0.167. The van der Waals surface area contributed by atoms with Gasteiger partial charge < -0.3 is 9.94 Å². The zero-order chi connectivity index (χ0) is 9.84. The van der Waals surface area contributed by atoms with E-state index in [1.54, 1.807) is 13.0 Å². The van der Waals surface area contributed by atoms with E-state index in [-0.39, 0.29) is 12.4 Å². The summed E-state index contributed by atoms with van der Waals surface area (Å²) in [6.45, 7) is 1.87. The highest BCUT2D eigenvalue weighted by atomic mass is 19.1. The zero-order valence-electron chi connectivity index (χ0n) is 7.60. The smallest absolute Gasteiger partial charge is 0.129 e. The molecule has 0 saturated heterocycles. The largest absolute Gasteiger partial charge is 0.496 e. The van der Waals surface area contributed by atoms with Gasteiger partial charge in [0.25, 0.3) is 0 Å². The van der Waals surface area contributed by atoms with Crippen LogP contribution in [0.25, 0.3) is 0 Å². The number of hydroxylamine groups is 1. The Morgan fingerprint density at radius 2 is 2.23 bits per heavy atom. The van der Waals surface area contributed by atoms with Gasteiger partial charge >= 0.3 is 0 Å². The van der Waals surface area contributed by atoms with Gasteiger partial charge in [-0.15, -0.1) is 0 Å². The Morgan fingerprint density at radius 3 is 2.77 bits per heavy atom. The molecule has 1 aromatic carbocycles. The number of rotatable bonds is 3. The van der Waals surface area contributed by atoms with Crippen LogP contribution in [0.2, 0.25) is 0 Å². The van der Waals surface area contributed by atoms with Crippen molar-refractivity contribution in [3.8, 4) is 5.75 Å². The van der Waals surface area contributed by atoms with Crippen LogP contribution >= 0.6 is 0 Å². The van der Waals surface area contributed by atoms with Gasteiger partial charge in [-0.2, -0.15) is 0 Å². The molecule has 1 rings (SSSR count). The molecule has 2 N–H and O–H groups in total. The highest BCUT2D eigenvalue weighted by molar-refractivity contribution is 5.41. The summed E-state index contributed by atoms with van der Waals surface area (Å²) >= 11 is 0. The predicted molar refractivity (Wildman–Crippen MR) is 46.3 cm³/mol. The van der Waals surface area contributed by atoms with Crippen molar-refractivity contribution < 1.29 is 14.3 Å². The van der Waals surface area contributed by atoms with Gasteiger partial charge in [0.15, 0.2) is 0 Å². The Balaban J connectivity index is 3.13. The van der Waals surface area contributed by atoms with Crippen molar-refractivity contribution >= 4 is 0 Å². The van der Waals surface area contributed by atoms with E-state index in [0.29, 0.717) is 11.3 Å². The summed E-state index contributed by atoms with van der Waals surface area (Å²) in [5.41, 5.74) is 3.18. The molecule has 0 aliphatic rings. The molecule has 4 heteroatoms. The van der Waals surface area contributed by atoms with Gasteiger partial charge in [-0.1, -0.05) is 6.07 Å². The Hall–Kier alpha value is -1.13. The fraction of sp³-hybridized carbons (Fsp3) is 0.333. The predicted octanol–water partition coefficient (Wildman–Crippen LogP) is 1.62. The molecule has 0 atom stereocenters. The normalized spacial score (nSPS) is 10.2. The zero-order valence-corrected chi connectivity index (χ0v) is 7.60. The van der Waals surface area contributed by atoms with Crippen LogP contribution in [-0.4, -0.2) is 12.3 Å². The summed E-state index contributed by atoms with van der Waals surface area (Å²) in [4.78, 5) is 0. The summed E-state index contributed by atoms with van der Waals surface area (Å²) in [5, 5.41) is 8.50. The molecule has 1 aromatic rings. The second-order valence-electron chi connectivity index (χ2n) is 2.70. The van der Waals surface area contributed by atoms with Crippen molar-refractivity contribution in [2.45, 2.75) is 13.5 Å². The molecule has 0 radical (unpaired) electrons. The Labute approximate surface area is 76.1 Å². The van der Waals surface area contributed by atoms with Crippen molar-refractivity contribution in [1.29, 1.82) is 0 Å². The van der Waals surface area contributed by atoms with E-state index in [1.807, 2.05) is 5.48 Å². The van der Waals surface area contributed by atoms with Gasteiger partial charge in [0.2, 0.25) is 0 Å². The minimum Gasteiger partial charge on any atom is -0.496 e. The van der Waals surface area contributed by atoms with Gasteiger partial charge in [0.05, 0.1) is 7.11 Å². The van der Waals surface area contributed by atoms with Gasteiger partial charge in [0.1, 0.15) is 11.6 Å². The van der Waals surface area contributed by atoms with Crippen LogP contribution in [0.5, 0.6) is 5.75 Å². The van der Waals surface area contributed by atoms with Crippen LogP contribution in [0.15, 0.2) is 12.1 Å². The maximum Gasteiger partial charge on any atom is 0.129 e. The molecule has 0 saturated carbocycles. The Morgan fingerprint density at radius 1 is 1.54 bits per heavy atom. The molecule has 0 heterocycles. The monoisotopic (exact) mass is 185 g/mol. The highest BCUT2D eigenvalue weighted by Crippen LogP contribution is 2.25. The second-order valence-corrected chi connectivity index (χ2v) is 2.70. The Kier molecular flexibility index (Phi) is 3.22. The number of hydrogen-bond acceptors (Lipinski definition) is 3. The Bertz CT molecular complexity index is 302. The third-order valence-electron chi connectivity index (χ3n) is 1.89.